The number of carboxylic acid groups (broad SMARTS) is 1. The van der Waals surface area contributed by atoms with Crippen LogP contribution >= 0.6 is 0 Å². The molecule has 1 rings (SSSR count). The van der Waals surface area contributed by atoms with E-state index in [4.69, 9.17) is 0 Å². The number of hydrogen-bond acceptors (Lipinski definition) is 2. The Bertz CT molecular complexity index is 208. The SMILES string of the molecule is O=C([O-])c1ccccc1.[Ce+3]. The summed E-state index contributed by atoms with van der Waals surface area (Å²) in [7, 11) is 0. The molecule has 0 aliphatic carbocycles. The molecule has 0 saturated heterocycles. The van der Waals surface area contributed by atoms with Crippen LogP contribution in [0.1, 0.15) is 10.4 Å². The van der Waals surface area contributed by atoms with Crippen molar-refractivity contribution in [1.29, 1.82) is 0 Å². The van der Waals surface area contributed by atoms with Crippen molar-refractivity contribution < 1.29 is 51.6 Å². The van der Waals surface area contributed by atoms with Crippen molar-refractivity contribution in [3.8, 4) is 0 Å². The Balaban J connectivity index is 0.000000810. The van der Waals surface area contributed by atoms with Crippen LogP contribution in [0.2, 0.25) is 0 Å². The number of carboxylic acids is 1. The standard InChI is InChI=1S/C7H6O2.Ce/c8-7(9)6-4-2-1-3-5-6;/h1-5H,(H,8,9);/q;+3/p-1. The molecule has 2 nitrogen and oxygen atoms in total. The van der Waals surface area contributed by atoms with Crippen LogP contribution in [0, 0.1) is 41.7 Å². The van der Waals surface area contributed by atoms with E-state index in [0.717, 1.165) is 0 Å². The number of carbonyl (C=O) groups excluding carboxylic acids is 1. The fourth-order valence-electron chi connectivity index (χ4n) is 0.574. The minimum absolute atomic E-state index is 0. The Hall–Kier alpha value is 0.0666. The Labute approximate surface area is 92.6 Å². The van der Waals surface area contributed by atoms with Crippen molar-refractivity contribution in [2.24, 2.45) is 0 Å². The Morgan fingerprint density at radius 3 is 2.00 bits per heavy atom. The van der Waals surface area contributed by atoms with Gasteiger partial charge in [0.15, 0.2) is 0 Å². The molecule has 1 radical (unpaired) electrons. The van der Waals surface area contributed by atoms with Crippen molar-refractivity contribution in [3.05, 3.63) is 35.9 Å². The minimum atomic E-state index is -1.13. The van der Waals surface area contributed by atoms with Gasteiger partial charge in [0.05, 0.1) is 5.97 Å². The molecule has 0 saturated carbocycles. The van der Waals surface area contributed by atoms with E-state index in [9.17, 15) is 9.90 Å². The first-order valence-corrected chi connectivity index (χ1v) is 2.57. The summed E-state index contributed by atoms with van der Waals surface area (Å²) in [6.07, 6.45) is 0. The summed E-state index contributed by atoms with van der Waals surface area (Å²) in [6.45, 7) is 0. The van der Waals surface area contributed by atoms with Gasteiger partial charge in [0.1, 0.15) is 0 Å². The molecule has 0 aromatic heterocycles. The van der Waals surface area contributed by atoms with Crippen LogP contribution < -0.4 is 5.11 Å². The van der Waals surface area contributed by atoms with Crippen molar-refractivity contribution in [2.45, 2.75) is 0 Å². The van der Waals surface area contributed by atoms with Gasteiger partial charge in [0, 0.05) is 0 Å². The van der Waals surface area contributed by atoms with E-state index in [1.165, 1.54) is 12.1 Å². The molecular weight excluding hydrogens is 256 g/mol. The van der Waals surface area contributed by atoms with Gasteiger partial charge in [-0.2, -0.15) is 0 Å². The van der Waals surface area contributed by atoms with E-state index in [2.05, 4.69) is 0 Å². The van der Waals surface area contributed by atoms with E-state index >= 15 is 0 Å². The van der Waals surface area contributed by atoms with Gasteiger partial charge < -0.3 is 9.90 Å². The van der Waals surface area contributed by atoms with Crippen molar-refractivity contribution in [2.75, 3.05) is 0 Å². The van der Waals surface area contributed by atoms with E-state index in [1.807, 2.05) is 0 Å². The number of hydrogen-bond donors (Lipinski definition) is 0. The molecular formula is C7H5CeO2+2. The summed E-state index contributed by atoms with van der Waals surface area (Å²) in [4.78, 5) is 10.1. The topological polar surface area (TPSA) is 40.1 Å². The van der Waals surface area contributed by atoms with E-state index < -0.39 is 5.97 Å². The number of benzene rings is 1. The van der Waals surface area contributed by atoms with Crippen LogP contribution in [0.3, 0.4) is 0 Å². The molecule has 1 aromatic rings. The summed E-state index contributed by atoms with van der Waals surface area (Å²) in [5.74, 6) is -1.13. The largest absolute Gasteiger partial charge is 3.00 e. The first-order valence-electron chi connectivity index (χ1n) is 2.57. The van der Waals surface area contributed by atoms with Gasteiger partial charge in [-0.3, -0.25) is 0 Å². The van der Waals surface area contributed by atoms with Crippen molar-refractivity contribution in [3.63, 3.8) is 0 Å². The van der Waals surface area contributed by atoms with Gasteiger partial charge in [-0.15, -0.1) is 0 Å². The Kier molecular flexibility index (Phi) is 4.85. The van der Waals surface area contributed by atoms with Gasteiger partial charge in [-0.05, 0) is 5.56 Å². The number of rotatable bonds is 1. The molecule has 0 amide bonds. The molecule has 1 aromatic carbocycles. The maximum absolute atomic E-state index is 10.1. The molecule has 0 unspecified atom stereocenters. The molecule has 0 aliphatic rings. The summed E-state index contributed by atoms with van der Waals surface area (Å²) < 4.78 is 0. The first kappa shape index (κ1) is 10.1. The monoisotopic (exact) mass is 261 g/mol. The smallest absolute Gasteiger partial charge is 0.545 e. The third-order valence-electron chi connectivity index (χ3n) is 1.01. The van der Waals surface area contributed by atoms with Crippen LogP contribution in [0.25, 0.3) is 0 Å². The summed E-state index contributed by atoms with van der Waals surface area (Å²) in [5, 5.41) is 10.1. The third-order valence-corrected chi connectivity index (χ3v) is 1.01. The summed E-state index contributed by atoms with van der Waals surface area (Å²) in [5.41, 5.74) is 0.220. The van der Waals surface area contributed by atoms with E-state index in [0.29, 0.717) is 0 Å². The molecule has 0 bridgehead atoms. The zero-order valence-electron chi connectivity index (χ0n) is 5.20. The summed E-state index contributed by atoms with van der Waals surface area (Å²) >= 11 is 0. The summed E-state index contributed by atoms with van der Waals surface area (Å²) in [6, 6.07) is 8.06. The average Bonchev–Trinajstić information content (AvgIpc) is 1.90. The molecule has 0 heterocycles. The van der Waals surface area contributed by atoms with E-state index in [1.54, 1.807) is 18.2 Å². The van der Waals surface area contributed by atoms with Crippen LogP contribution in [0.5, 0.6) is 0 Å². The van der Waals surface area contributed by atoms with Gasteiger partial charge in [0.25, 0.3) is 0 Å². The van der Waals surface area contributed by atoms with Gasteiger partial charge >= 0.3 is 41.7 Å². The third kappa shape index (κ3) is 2.77. The minimum Gasteiger partial charge on any atom is -0.545 e. The molecule has 3 heteroatoms. The maximum atomic E-state index is 10.1. The van der Waals surface area contributed by atoms with Crippen LogP contribution in [-0.4, -0.2) is 5.97 Å². The van der Waals surface area contributed by atoms with Crippen molar-refractivity contribution >= 4 is 5.97 Å². The van der Waals surface area contributed by atoms with Crippen LogP contribution in [-0.2, 0) is 0 Å². The first-order chi connectivity index (χ1) is 4.30. The predicted molar refractivity (Wildman–Crippen MR) is 30.8 cm³/mol. The number of aromatic carboxylic acids is 1. The molecule has 0 N–H and O–H groups in total. The molecule has 0 atom stereocenters. The van der Waals surface area contributed by atoms with Crippen LogP contribution in [0.4, 0.5) is 0 Å². The molecule has 10 heavy (non-hydrogen) atoms. The van der Waals surface area contributed by atoms with Crippen molar-refractivity contribution in [1.82, 2.24) is 0 Å². The fourth-order valence-corrected chi connectivity index (χ4v) is 0.574. The Morgan fingerprint density at radius 2 is 1.70 bits per heavy atom. The molecule has 0 fully saturated rings. The van der Waals surface area contributed by atoms with Crippen LogP contribution in [0.15, 0.2) is 30.3 Å². The van der Waals surface area contributed by atoms with E-state index in [-0.39, 0.29) is 47.3 Å². The zero-order chi connectivity index (χ0) is 6.69. The van der Waals surface area contributed by atoms with Gasteiger partial charge in [0.2, 0.25) is 0 Å². The zero-order valence-corrected chi connectivity index (χ0v) is 8.34. The molecule has 0 spiro atoms. The van der Waals surface area contributed by atoms with Gasteiger partial charge in [-0.25, -0.2) is 0 Å². The molecule has 47 valence electrons. The fraction of sp³-hybridized carbons (Fsp3) is 0. The van der Waals surface area contributed by atoms with Gasteiger partial charge in [-0.1, -0.05) is 30.3 Å². The Morgan fingerprint density at radius 1 is 1.20 bits per heavy atom. The number of carbonyl (C=O) groups is 1. The maximum Gasteiger partial charge on any atom is 3.00 e. The molecule has 0 aliphatic heterocycles. The second kappa shape index (κ2) is 4.82. The second-order valence-corrected chi connectivity index (χ2v) is 1.65. The normalized spacial score (nSPS) is 8.00. The quantitative estimate of drug-likeness (QED) is 0.716. The predicted octanol–water partition coefficient (Wildman–Crippen LogP) is 0.0501. The second-order valence-electron chi connectivity index (χ2n) is 1.65. The average molecular weight is 261 g/mol.